The van der Waals surface area contributed by atoms with Crippen LogP contribution in [0.5, 0.6) is 0 Å². The fourth-order valence-corrected chi connectivity index (χ4v) is 5.46. The molecule has 0 bridgehead atoms. The molecule has 204 valence electrons. The number of carboxylic acid groups (broad SMARTS) is 1. The Morgan fingerprint density at radius 2 is 1.56 bits per heavy atom. The summed E-state index contributed by atoms with van der Waals surface area (Å²) in [4.78, 5) is 36.3. The molecule has 1 amide bonds. The van der Waals surface area contributed by atoms with E-state index >= 15 is 0 Å². The Bertz CT molecular complexity index is 1730. The molecular weight excluding hydrogens is 534 g/mol. The van der Waals surface area contributed by atoms with E-state index in [1.165, 1.54) is 5.56 Å². The lowest BCUT2D eigenvalue weighted by molar-refractivity contribution is -0.136. The first-order chi connectivity index (χ1) is 19.9. The predicted molar refractivity (Wildman–Crippen MR) is 160 cm³/mol. The number of likely N-dealkylation sites (tertiary alicyclic amines) is 1. The average molecular weight is 562 g/mol. The van der Waals surface area contributed by atoms with Gasteiger partial charge in [-0.25, -0.2) is 9.97 Å². The molecule has 1 N–H and O–H groups in total. The lowest BCUT2D eigenvalue weighted by Gasteiger charge is -2.39. The summed E-state index contributed by atoms with van der Waals surface area (Å²) in [5.41, 5.74) is 7.52. The van der Waals surface area contributed by atoms with E-state index in [0.717, 1.165) is 28.1 Å². The molecule has 0 saturated carbocycles. The Morgan fingerprint density at radius 3 is 2.32 bits per heavy atom. The molecule has 1 fully saturated rings. The Kier molecular flexibility index (Phi) is 7.49. The van der Waals surface area contributed by atoms with Crippen molar-refractivity contribution in [1.29, 1.82) is 0 Å². The molecule has 0 radical (unpaired) electrons. The molecule has 6 nitrogen and oxygen atoms in total. The van der Waals surface area contributed by atoms with Crippen LogP contribution in [-0.2, 0) is 24.1 Å². The molecule has 0 unspecified atom stereocenters. The van der Waals surface area contributed by atoms with Crippen molar-refractivity contribution in [2.24, 2.45) is 0 Å². The van der Waals surface area contributed by atoms with E-state index in [0.29, 0.717) is 53.5 Å². The van der Waals surface area contributed by atoms with Crippen molar-refractivity contribution in [2.45, 2.75) is 25.2 Å². The van der Waals surface area contributed by atoms with Crippen LogP contribution in [0.4, 0.5) is 0 Å². The molecule has 0 aliphatic carbocycles. The van der Waals surface area contributed by atoms with E-state index in [9.17, 15) is 14.7 Å². The highest BCUT2D eigenvalue weighted by Gasteiger charge is 2.32. The molecule has 6 rings (SSSR count). The molecule has 5 aromatic rings. The van der Waals surface area contributed by atoms with Crippen LogP contribution in [0, 0.1) is 0 Å². The zero-order chi connectivity index (χ0) is 28.3. The van der Waals surface area contributed by atoms with Gasteiger partial charge in [0.2, 0.25) is 0 Å². The topological polar surface area (TPSA) is 83.4 Å². The average Bonchev–Trinajstić information content (AvgIpc) is 2.95. The molecule has 0 atom stereocenters. The van der Waals surface area contributed by atoms with Crippen LogP contribution in [0.3, 0.4) is 0 Å². The van der Waals surface area contributed by atoms with E-state index in [2.05, 4.69) is 12.1 Å². The van der Waals surface area contributed by atoms with Crippen molar-refractivity contribution in [3.05, 3.63) is 130 Å². The summed E-state index contributed by atoms with van der Waals surface area (Å²) in [6.45, 7) is 1.41. The summed E-state index contributed by atoms with van der Waals surface area (Å²) in [5.74, 6) is -0.492. The number of rotatable bonds is 8. The number of aryl methyl sites for hydroxylation is 2. The van der Waals surface area contributed by atoms with E-state index in [-0.39, 0.29) is 12.3 Å². The van der Waals surface area contributed by atoms with Crippen molar-refractivity contribution in [1.82, 2.24) is 14.9 Å². The third-order valence-corrected chi connectivity index (χ3v) is 7.79. The normalized spacial score (nSPS) is 13.2. The first-order valence-electron chi connectivity index (χ1n) is 13.6. The second-order valence-electron chi connectivity index (χ2n) is 10.4. The first kappa shape index (κ1) is 26.7. The lowest BCUT2D eigenvalue weighted by Crippen LogP contribution is -2.48. The number of hydrogen-bond donors (Lipinski definition) is 1. The van der Waals surface area contributed by atoms with Crippen molar-refractivity contribution in [2.75, 3.05) is 13.1 Å². The number of carbonyl (C=O) groups excluding carboxylic acids is 1. The number of nitrogens with zero attached hydrogens (tertiary/aromatic N) is 3. The maximum Gasteiger partial charge on any atom is 0.307 e. The third kappa shape index (κ3) is 5.98. The minimum Gasteiger partial charge on any atom is -0.481 e. The molecule has 2 heterocycles. The van der Waals surface area contributed by atoms with Gasteiger partial charge in [-0.15, -0.1) is 0 Å². The van der Waals surface area contributed by atoms with Crippen LogP contribution in [0.15, 0.2) is 97.1 Å². The quantitative estimate of drug-likeness (QED) is 0.231. The number of benzene rings is 4. The van der Waals surface area contributed by atoms with Gasteiger partial charge in [-0.05, 0) is 59.9 Å². The Morgan fingerprint density at radius 1 is 0.805 bits per heavy atom. The largest absolute Gasteiger partial charge is 0.481 e. The highest BCUT2D eigenvalue weighted by Crippen LogP contribution is 2.30. The molecule has 1 aliphatic heterocycles. The summed E-state index contributed by atoms with van der Waals surface area (Å²) in [5, 5.41) is 9.82. The number of aromatic nitrogens is 2. The number of aliphatic carboxylic acids is 1. The van der Waals surface area contributed by atoms with Crippen LogP contribution in [-0.4, -0.2) is 44.9 Å². The van der Waals surface area contributed by atoms with Crippen LogP contribution < -0.4 is 0 Å². The van der Waals surface area contributed by atoms with Crippen LogP contribution >= 0.6 is 11.6 Å². The summed E-state index contributed by atoms with van der Waals surface area (Å²) in [7, 11) is 0. The lowest BCUT2D eigenvalue weighted by atomic mass is 9.91. The van der Waals surface area contributed by atoms with E-state index < -0.39 is 5.97 Å². The molecule has 1 aliphatic rings. The maximum atomic E-state index is 13.3. The highest BCUT2D eigenvalue weighted by atomic mass is 35.5. The fraction of sp³-hybridized carbons (Fsp3) is 0.176. The van der Waals surface area contributed by atoms with Gasteiger partial charge in [0.25, 0.3) is 5.91 Å². The van der Waals surface area contributed by atoms with E-state index in [1.54, 1.807) is 0 Å². The van der Waals surface area contributed by atoms with Crippen molar-refractivity contribution >= 4 is 34.5 Å². The number of fused-ring (bicyclic) bond motifs is 1. The first-order valence-corrected chi connectivity index (χ1v) is 14.0. The summed E-state index contributed by atoms with van der Waals surface area (Å²) >= 11 is 6.15. The van der Waals surface area contributed by atoms with Gasteiger partial charge >= 0.3 is 5.97 Å². The second-order valence-corrected chi connectivity index (χ2v) is 10.9. The standard InChI is InChI=1S/C34H28ClN3O3/c35-28-13-10-25(11-14-28)33-30(15-9-22-5-4-6-23(17-22)18-32(39)40)36-31-19-26(12-16-29(31)37-33)34(41)38-20-27(21-38)24-7-2-1-3-8-24/h1-8,10-14,16-17,19,27H,9,15,18,20-21H2,(H,39,40). The second kappa shape index (κ2) is 11.5. The van der Waals surface area contributed by atoms with Gasteiger partial charge in [0.15, 0.2) is 0 Å². The van der Waals surface area contributed by atoms with Gasteiger partial charge in [0.1, 0.15) is 0 Å². The zero-order valence-electron chi connectivity index (χ0n) is 22.3. The summed E-state index contributed by atoms with van der Waals surface area (Å²) in [6, 6.07) is 31.0. The number of hydrogen-bond acceptors (Lipinski definition) is 4. The van der Waals surface area contributed by atoms with Crippen LogP contribution in [0.1, 0.15) is 38.7 Å². The Hall–Kier alpha value is -4.55. The molecule has 1 saturated heterocycles. The van der Waals surface area contributed by atoms with Gasteiger partial charge in [-0.3, -0.25) is 9.59 Å². The predicted octanol–water partition coefficient (Wildman–Crippen LogP) is 6.60. The van der Waals surface area contributed by atoms with Crippen molar-refractivity contribution in [3.8, 4) is 11.3 Å². The molecule has 7 heteroatoms. The zero-order valence-corrected chi connectivity index (χ0v) is 23.1. The van der Waals surface area contributed by atoms with Gasteiger partial charge < -0.3 is 10.0 Å². The van der Waals surface area contributed by atoms with Gasteiger partial charge in [0.05, 0.1) is 28.8 Å². The van der Waals surface area contributed by atoms with Crippen molar-refractivity contribution < 1.29 is 14.7 Å². The number of carbonyl (C=O) groups is 2. The van der Waals surface area contributed by atoms with Crippen LogP contribution in [0.2, 0.25) is 5.02 Å². The minimum absolute atomic E-state index is 0.000505. The molecule has 4 aromatic carbocycles. The van der Waals surface area contributed by atoms with E-state index in [1.807, 2.05) is 89.8 Å². The number of halogens is 1. The SMILES string of the molecule is O=C(O)Cc1cccc(CCc2nc3cc(C(=O)N4CC(c5ccccc5)C4)ccc3nc2-c2ccc(Cl)cc2)c1. The molecule has 1 aromatic heterocycles. The molecule has 41 heavy (non-hydrogen) atoms. The highest BCUT2D eigenvalue weighted by molar-refractivity contribution is 6.30. The third-order valence-electron chi connectivity index (χ3n) is 7.54. The van der Waals surface area contributed by atoms with Crippen molar-refractivity contribution in [3.63, 3.8) is 0 Å². The monoisotopic (exact) mass is 561 g/mol. The summed E-state index contributed by atoms with van der Waals surface area (Å²) < 4.78 is 0. The van der Waals surface area contributed by atoms with E-state index in [4.69, 9.17) is 21.6 Å². The van der Waals surface area contributed by atoms with Gasteiger partial charge in [-0.1, -0.05) is 78.3 Å². The Balaban J connectivity index is 1.28. The summed E-state index contributed by atoms with van der Waals surface area (Å²) in [6.07, 6.45) is 1.25. The van der Waals surface area contributed by atoms with Gasteiger partial charge in [-0.2, -0.15) is 0 Å². The minimum atomic E-state index is -0.855. The Labute approximate surface area is 243 Å². The number of carboxylic acids is 1. The van der Waals surface area contributed by atoms with Gasteiger partial charge in [0, 0.05) is 35.2 Å². The maximum absolute atomic E-state index is 13.3. The molecule has 0 spiro atoms. The number of amides is 1. The molecular formula is C34H28ClN3O3. The fourth-order valence-electron chi connectivity index (χ4n) is 5.33. The van der Waals surface area contributed by atoms with Crippen LogP contribution in [0.25, 0.3) is 22.3 Å². The smallest absolute Gasteiger partial charge is 0.307 e.